The van der Waals surface area contributed by atoms with E-state index >= 15 is 0 Å². The van der Waals surface area contributed by atoms with Gasteiger partial charge in [-0.25, -0.2) is 4.79 Å². The summed E-state index contributed by atoms with van der Waals surface area (Å²) in [5.41, 5.74) is -0.251. The molecule has 0 heterocycles. The Bertz CT molecular complexity index is 225. The molecule has 0 aliphatic rings. The van der Waals surface area contributed by atoms with Gasteiger partial charge < -0.3 is 10.2 Å². The molecule has 1 N–H and O–H groups in total. The predicted molar refractivity (Wildman–Crippen MR) is 55.8 cm³/mol. The Kier molecular flexibility index (Phi) is 5.00. The summed E-state index contributed by atoms with van der Waals surface area (Å²) in [4.78, 5) is 13.1. The Balaban J connectivity index is 4.23. The van der Waals surface area contributed by atoms with E-state index in [1.165, 1.54) is 4.90 Å². The molecular formula is C10H19N3O. The van der Waals surface area contributed by atoms with E-state index in [4.69, 9.17) is 5.26 Å². The number of nitriles is 1. The first-order chi connectivity index (χ1) is 6.40. The van der Waals surface area contributed by atoms with E-state index in [1.54, 1.807) is 0 Å². The number of hydrogen-bond acceptors (Lipinski definition) is 2. The molecule has 2 amide bonds. The summed E-state index contributed by atoms with van der Waals surface area (Å²) in [5, 5.41) is 11.4. The summed E-state index contributed by atoms with van der Waals surface area (Å²) in [6.45, 7) is 8.50. The van der Waals surface area contributed by atoms with E-state index in [9.17, 15) is 4.79 Å². The first-order valence-corrected chi connectivity index (χ1v) is 4.84. The normalized spacial score (nSPS) is 10.5. The first-order valence-electron chi connectivity index (χ1n) is 4.84. The average Bonchev–Trinajstić information content (AvgIpc) is 2.01. The van der Waals surface area contributed by atoms with Gasteiger partial charge in [-0.1, -0.05) is 6.92 Å². The van der Waals surface area contributed by atoms with Crippen molar-refractivity contribution in [3.8, 4) is 6.07 Å². The number of nitrogens with one attached hydrogen (secondary N) is 1. The second kappa shape index (κ2) is 5.48. The molecule has 0 aliphatic carbocycles. The molecule has 4 nitrogen and oxygen atoms in total. The van der Waals surface area contributed by atoms with Gasteiger partial charge >= 0.3 is 6.03 Å². The molecule has 0 aromatic rings. The molecule has 0 rings (SSSR count). The fourth-order valence-corrected chi connectivity index (χ4v) is 1.01. The average molecular weight is 197 g/mol. The minimum atomic E-state index is -0.251. The number of amides is 2. The van der Waals surface area contributed by atoms with Crippen LogP contribution in [0.5, 0.6) is 0 Å². The van der Waals surface area contributed by atoms with E-state index in [0.717, 1.165) is 6.42 Å². The van der Waals surface area contributed by atoms with Gasteiger partial charge in [0, 0.05) is 12.1 Å². The third kappa shape index (κ3) is 5.41. The third-order valence-corrected chi connectivity index (χ3v) is 1.52. The molecule has 0 aromatic carbocycles. The minimum Gasteiger partial charge on any atom is -0.333 e. The van der Waals surface area contributed by atoms with Gasteiger partial charge in [-0.15, -0.1) is 0 Å². The van der Waals surface area contributed by atoms with Crippen molar-refractivity contribution in [1.29, 1.82) is 5.26 Å². The number of carbonyl (C=O) groups is 1. The Morgan fingerprint density at radius 3 is 2.43 bits per heavy atom. The van der Waals surface area contributed by atoms with Gasteiger partial charge in [-0.3, -0.25) is 0 Å². The number of carbonyl (C=O) groups excluding carboxylic acids is 1. The summed E-state index contributed by atoms with van der Waals surface area (Å²) >= 11 is 0. The van der Waals surface area contributed by atoms with Crippen LogP contribution in [0.3, 0.4) is 0 Å². The summed E-state index contributed by atoms with van der Waals surface area (Å²) in [6, 6.07) is 1.82. The highest BCUT2D eigenvalue weighted by atomic mass is 16.2. The van der Waals surface area contributed by atoms with E-state index in [2.05, 4.69) is 5.32 Å². The Morgan fingerprint density at radius 2 is 2.07 bits per heavy atom. The van der Waals surface area contributed by atoms with Gasteiger partial charge in [0.2, 0.25) is 0 Å². The lowest BCUT2D eigenvalue weighted by atomic mass is 10.1. The van der Waals surface area contributed by atoms with Crippen molar-refractivity contribution in [3.05, 3.63) is 0 Å². The highest BCUT2D eigenvalue weighted by Crippen LogP contribution is 2.01. The topological polar surface area (TPSA) is 56.1 Å². The van der Waals surface area contributed by atoms with E-state index in [1.807, 2.05) is 33.8 Å². The highest BCUT2D eigenvalue weighted by Gasteiger charge is 2.18. The third-order valence-electron chi connectivity index (χ3n) is 1.52. The molecule has 80 valence electrons. The van der Waals surface area contributed by atoms with Crippen LogP contribution in [-0.2, 0) is 0 Å². The molecule has 0 bridgehead atoms. The maximum absolute atomic E-state index is 11.6. The lowest BCUT2D eigenvalue weighted by Crippen LogP contribution is -2.48. The lowest BCUT2D eigenvalue weighted by Gasteiger charge is -2.26. The molecule has 0 spiro atoms. The Labute approximate surface area is 85.9 Å². The van der Waals surface area contributed by atoms with Gasteiger partial charge in [0.15, 0.2) is 0 Å². The van der Waals surface area contributed by atoms with Crippen LogP contribution >= 0.6 is 0 Å². The van der Waals surface area contributed by atoms with Crippen molar-refractivity contribution in [3.63, 3.8) is 0 Å². The number of nitrogens with zero attached hydrogens (tertiary/aromatic N) is 2. The monoisotopic (exact) mass is 197 g/mol. The zero-order valence-electron chi connectivity index (χ0n) is 9.42. The predicted octanol–water partition coefficient (Wildman–Crippen LogP) is 1.73. The van der Waals surface area contributed by atoms with Crippen LogP contribution in [0.15, 0.2) is 0 Å². The van der Waals surface area contributed by atoms with Crippen molar-refractivity contribution in [2.75, 3.05) is 13.1 Å². The molecule has 4 heteroatoms. The van der Waals surface area contributed by atoms with Crippen LogP contribution in [0.1, 0.15) is 34.1 Å². The van der Waals surface area contributed by atoms with Gasteiger partial charge in [0.05, 0.1) is 6.07 Å². The molecule has 0 radical (unpaired) electrons. The van der Waals surface area contributed by atoms with Gasteiger partial charge in [0.25, 0.3) is 0 Å². The van der Waals surface area contributed by atoms with E-state index < -0.39 is 0 Å². The fraction of sp³-hybridized carbons (Fsp3) is 0.800. The zero-order valence-corrected chi connectivity index (χ0v) is 9.42. The second-order valence-corrected chi connectivity index (χ2v) is 4.26. The van der Waals surface area contributed by atoms with Crippen LogP contribution in [0, 0.1) is 11.3 Å². The molecule has 0 aromatic heterocycles. The zero-order chi connectivity index (χ0) is 11.2. The van der Waals surface area contributed by atoms with Crippen molar-refractivity contribution < 1.29 is 4.79 Å². The molecular weight excluding hydrogens is 178 g/mol. The Morgan fingerprint density at radius 1 is 1.50 bits per heavy atom. The molecule has 14 heavy (non-hydrogen) atoms. The van der Waals surface area contributed by atoms with Gasteiger partial charge in [-0.2, -0.15) is 5.26 Å². The number of urea groups is 1. The molecule has 0 saturated heterocycles. The highest BCUT2D eigenvalue weighted by molar-refractivity contribution is 5.75. The standard InChI is InChI=1S/C10H19N3O/c1-5-7-13(8-6-11)9(14)12-10(2,3)4/h5,7-8H2,1-4H3,(H,12,14). The van der Waals surface area contributed by atoms with Crippen molar-refractivity contribution in [2.24, 2.45) is 0 Å². The van der Waals surface area contributed by atoms with E-state index in [0.29, 0.717) is 6.54 Å². The maximum atomic E-state index is 11.6. The quantitative estimate of drug-likeness (QED) is 0.700. The fourth-order valence-electron chi connectivity index (χ4n) is 1.01. The molecule has 0 fully saturated rings. The largest absolute Gasteiger partial charge is 0.333 e. The summed E-state index contributed by atoms with van der Waals surface area (Å²) in [7, 11) is 0. The molecule has 0 aliphatic heterocycles. The smallest absolute Gasteiger partial charge is 0.318 e. The number of hydrogen-bond donors (Lipinski definition) is 1. The summed E-state index contributed by atoms with van der Waals surface area (Å²) < 4.78 is 0. The molecule has 0 saturated carbocycles. The van der Waals surface area contributed by atoms with Crippen LogP contribution in [0.25, 0.3) is 0 Å². The van der Waals surface area contributed by atoms with Crippen molar-refractivity contribution >= 4 is 6.03 Å². The Hall–Kier alpha value is -1.24. The lowest BCUT2D eigenvalue weighted by molar-refractivity contribution is 0.194. The van der Waals surface area contributed by atoms with Crippen LogP contribution in [-0.4, -0.2) is 29.6 Å². The first kappa shape index (κ1) is 12.8. The second-order valence-electron chi connectivity index (χ2n) is 4.26. The van der Waals surface area contributed by atoms with Gasteiger partial charge in [-0.05, 0) is 27.2 Å². The SMILES string of the molecule is CCCN(CC#N)C(=O)NC(C)(C)C. The summed E-state index contributed by atoms with van der Waals surface area (Å²) in [5.74, 6) is 0. The van der Waals surface area contributed by atoms with Crippen molar-refractivity contribution in [2.45, 2.75) is 39.7 Å². The number of rotatable bonds is 3. The van der Waals surface area contributed by atoms with Crippen LogP contribution < -0.4 is 5.32 Å². The van der Waals surface area contributed by atoms with Gasteiger partial charge in [0.1, 0.15) is 6.54 Å². The van der Waals surface area contributed by atoms with Crippen LogP contribution in [0.4, 0.5) is 4.79 Å². The molecule has 0 unspecified atom stereocenters. The minimum absolute atomic E-state index is 0.149. The van der Waals surface area contributed by atoms with Crippen LogP contribution in [0.2, 0.25) is 0 Å². The summed E-state index contributed by atoms with van der Waals surface area (Å²) in [6.07, 6.45) is 0.860. The van der Waals surface area contributed by atoms with E-state index in [-0.39, 0.29) is 18.1 Å². The van der Waals surface area contributed by atoms with Crippen molar-refractivity contribution in [1.82, 2.24) is 10.2 Å². The molecule has 0 atom stereocenters. The maximum Gasteiger partial charge on any atom is 0.318 e.